The Morgan fingerprint density at radius 1 is 1.10 bits per heavy atom. The van der Waals surface area contributed by atoms with Gasteiger partial charge in [-0.1, -0.05) is 11.6 Å². The molecule has 0 aliphatic carbocycles. The number of fused-ring (bicyclic) bond motifs is 1. The first-order valence-electron chi connectivity index (χ1n) is 6.42. The summed E-state index contributed by atoms with van der Waals surface area (Å²) >= 11 is 0. The number of aromatic nitrogens is 2. The lowest BCUT2D eigenvalue weighted by atomic mass is 10.1. The van der Waals surface area contributed by atoms with Crippen LogP contribution in [0.15, 0.2) is 48.8 Å². The lowest BCUT2D eigenvalue weighted by Crippen LogP contribution is -2.10. The van der Waals surface area contributed by atoms with Crippen molar-refractivity contribution in [1.82, 2.24) is 9.97 Å². The molecule has 5 nitrogen and oxygen atoms in total. The third-order valence-electron chi connectivity index (χ3n) is 3.11. The maximum atomic E-state index is 11.0. The fraction of sp³-hybridized carbons (Fsp3) is 0.0625. The van der Waals surface area contributed by atoms with Gasteiger partial charge >= 0.3 is 0 Å². The molecule has 5 heteroatoms. The zero-order valence-electron chi connectivity index (χ0n) is 11.4. The average molecular weight is 279 g/mol. The highest BCUT2D eigenvalue weighted by Crippen LogP contribution is 2.27. The molecule has 0 fully saturated rings. The van der Waals surface area contributed by atoms with Crippen LogP contribution in [0.25, 0.3) is 10.9 Å². The van der Waals surface area contributed by atoms with Crippen molar-refractivity contribution in [3.8, 4) is 11.6 Å². The maximum absolute atomic E-state index is 11.0. The number of benzene rings is 2. The third kappa shape index (κ3) is 2.67. The first kappa shape index (κ1) is 13.1. The third-order valence-corrected chi connectivity index (χ3v) is 3.11. The monoisotopic (exact) mass is 279 g/mol. The summed E-state index contributed by atoms with van der Waals surface area (Å²) in [4.78, 5) is 19.4. The quantitative estimate of drug-likeness (QED) is 0.799. The number of amides is 1. The van der Waals surface area contributed by atoms with Crippen molar-refractivity contribution in [1.29, 1.82) is 0 Å². The largest absolute Gasteiger partial charge is 0.438 e. The summed E-state index contributed by atoms with van der Waals surface area (Å²) in [5, 5.41) is 0.844. The number of carbonyl (C=O) groups is 1. The molecule has 0 radical (unpaired) electrons. The van der Waals surface area contributed by atoms with Crippen molar-refractivity contribution >= 4 is 16.8 Å². The predicted molar refractivity (Wildman–Crippen MR) is 79.3 cm³/mol. The molecule has 0 unspecified atom stereocenters. The average Bonchev–Trinajstić information content (AvgIpc) is 2.48. The van der Waals surface area contributed by atoms with Gasteiger partial charge in [0.25, 0.3) is 0 Å². The van der Waals surface area contributed by atoms with E-state index in [1.807, 2.05) is 25.1 Å². The summed E-state index contributed by atoms with van der Waals surface area (Å²) in [7, 11) is 0. The number of ether oxygens (including phenoxy) is 1. The van der Waals surface area contributed by atoms with Crippen LogP contribution in [0.4, 0.5) is 0 Å². The van der Waals surface area contributed by atoms with Crippen LogP contribution in [0.3, 0.4) is 0 Å². The molecule has 3 rings (SSSR count). The van der Waals surface area contributed by atoms with Crippen molar-refractivity contribution in [2.24, 2.45) is 5.73 Å². The molecule has 0 saturated carbocycles. The first-order valence-corrected chi connectivity index (χ1v) is 6.42. The van der Waals surface area contributed by atoms with Crippen molar-refractivity contribution in [2.75, 3.05) is 0 Å². The van der Waals surface area contributed by atoms with E-state index in [0.717, 1.165) is 16.5 Å². The summed E-state index contributed by atoms with van der Waals surface area (Å²) in [6.45, 7) is 2.00. The first-order chi connectivity index (χ1) is 10.1. The van der Waals surface area contributed by atoms with Gasteiger partial charge in [-0.25, -0.2) is 9.97 Å². The summed E-state index contributed by atoms with van der Waals surface area (Å²) in [6.07, 6.45) is 1.46. The standard InChI is InChI=1S/C16H13N3O2/c1-10-2-7-14-13(8-10)16(19-9-18-14)21-12-5-3-11(4-6-12)15(17)20/h2-9H,1H3,(H2,17,20). The molecule has 0 spiro atoms. The summed E-state index contributed by atoms with van der Waals surface area (Å²) in [5.74, 6) is 0.599. The van der Waals surface area contributed by atoms with Crippen LogP contribution in [0.1, 0.15) is 15.9 Å². The minimum atomic E-state index is -0.468. The van der Waals surface area contributed by atoms with Crippen molar-refractivity contribution in [3.05, 3.63) is 59.9 Å². The molecular formula is C16H13N3O2. The van der Waals surface area contributed by atoms with Gasteiger partial charge in [-0.15, -0.1) is 0 Å². The Labute approximate surface area is 121 Å². The summed E-state index contributed by atoms with van der Waals surface area (Å²) < 4.78 is 5.78. The Balaban J connectivity index is 1.97. The number of hydrogen-bond donors (Lipinski definition) is 1. The molecule has 1 amide bonds. The zero-order valence-corrected chi connectivity index (χ0v) is 11.4. The number of hydrogen-bond acceptors (Lipinski definition) is 4. The Morgan fingerprint density at radius 3 is 2.57 bits per heavy atom. The second-order valence-corrected chi connectivity index (χ2v) is 4.69. The second kappa shape index (κ2) is 5.20. The van der Waals surface area contributed by atoms with Gasteiger partial charge in [-0.2, -0.15) is 0 Å². The molecule has 1 aromatic heterocycles. The van der Waals surface area contributed by atoms with Crippen LogP contribution in [0, 0.1) is 6.92 Å². The van der Waals surface area contributed by atoms with Crippen LogP contribution in [-0.2, 0) is 0 Å². The minimum absolute atomic E-state index is 0.436. The molecule has 21 heavy (non-hydrogen) atoms. The normalized spacial score (nSPS) is 10.5. The van der Waals surface area contributed by atoms with Crippen LogP contribution in [0.5, 0.6) is 11.6 Å². The van der Waals surface area contributed by atoms with Crippen LogP contribution in [0.2, 0.25) is 0 Å². The molecule has 2 N–H and O–H groups in total. The molecular weight excluding hydrogens is 266 g/mol. The Kier molecular flexibility index (Phi) is 3.23. The van der Waals surface area contributed by atoms with E-state index in [1.54, 1.807) is 24.3 Å². The summed E-state index contributed by atoms with van der Waals surface area (Å²) in [5.41, 5.74) is 7.56. The maximum Gasteiger partial charge on any atom is 0.248 e. The van der Waals surface area contributed by atoms with Gasteiger partial charge in [0.1, 0.15) is 12.1 Å². The highest BCUT2D eigenvalue weighted by atomic mass is 16.5. The predicted octanol–water partition coefficient (Wildman–Crippen LogP) is 2.83. The molecule has 0 aliphatic heterocycles. The van der Waals surface area contributed by atoms with E-state index in [2.05, 4.69) is 9.97 Å². The number of primary amides is 1. The van der Waals surface area contributed by atoms with Gasteiger partial charge in [0.2, 0.25) is 11.8 Å². The van der Waals surface area contributed by atoms with Gasteiger partial charge in [-0.05, 0) is 43.3 Å². The Hall–Kier alpha value is -2.95. The molecule has 0 aliphatic rings. The van der Waals surface area contributed by atoms with E-state index >= 15 is 0 Å². The lowest BCUT2D eigenvalue weighted by Gasteiger charge is -2.08. The fourth-order valence-corrected chi connectivity index (χ4v) is 2.03. The van der Waals surface area contributed by atoms with Crippen LogP contribution < -0.4 is 10.5 Å². The molecule has 1 heterocycles. The number of carbonyl (C=O) groups excluding carboxylic acids is 1. The van der Waals surface area contributed by atoms with Crippen molar-refractivity contribution < 1.29 is 9.53 Å². The highest BCUT2D eigenvalue weighted by molar-refractivity contribution is 5.92. The SMILES string of the molecule is Cc1ccc2ncnc(Oc3ccc(C(N)=O)cc3)c2c1. The van der Waals surface area contributed by atoms with Gasteiger partial charge in [0, 0.05) is 5.56 Å². The van der Waals surface area contributed by atoms with Gasteiger partial charge in [0.05, 0.1) is 10.9 Å². The zero-order chi connectivity index (χ0) is 14.8. The van der Waals surface area contributed by atoms with E-state index in [-0.39, 0.29) is 0 Å². The number of rotatable bonds is 3. The van der Waals surface area contributed by atoms with E-state index < -0.39 is 5.91 Å². The summed E-state index contributed by atoms with van der Waals surface area (Å²) in [6, 6.07) is 12.5. The van der Waals surface area contributed by atoms with Crippen LogP contribution >= 0.6 is 0 Å². The van der Waals surface area contributed by atoms with Gasteiger partial charge in [-0.3, -0.25) is 4.79 Å². The minimum Gasteiger partial charge on any atom is -0.438 e. The molecule has 0 atom stereocenters. The molecule has 0 bridgehead atoms. The van der Waals surface area contributed by atoms with E-state index in [0.29, 0.717) is 17.2 Å². The van der Waals surface area contributed by atoms with Crippen LogP contribution in [-0.4, -0.2) is 15.9 Å². The second-order valence-electron chi connectivity index (χ2n) is 4.69. The Bertz CT molecular complexity index is 813. The van der Waals surface area contributed by atoms with E-state index in [9.17, 15) is 4.79 Å². The smallest absolute Gasteiger partial charge is 0.248 e. The number of nitrogens with zero attached hydrogens (tertiary/aromatic N) is 2. The highest BCUT2D eigenvalue weighted by Gasteiger charge is 2.07. The fourth-order valence-electron chi connectivity index (χ4n) is 2.03. The van der Waals surface area contributed by atoms with Crippen molar-refractivity contribution in [3.63, 3.8) is 0 Å². The Morgan fingerprint density at radius 2 is 1.86 bits per heavy atom. The number of nitrogens with two attached hydrogens (primary N) is 1. The number of aryl methyl sites for hydroxylation is 1. The van der Waals surface area contributed by atoms with E-state index in [4.69, 9.17) is 10.5 Å². The molecule has 104 valence electrons. The van der Waals surface area contributed by atoms with Gasteiger partial charge < -0.3 is 10.5 Å². The van der Waals surface area contributed by atoms with Gasteiger partial charge in [0.15, 0.2) is 0 Å². The molecule has 3 aromatic rings. The molecule has 2 aromatic carbocycles. The lowest BCUT2D eigenvalue weighted by molar-refractivity contribution is 0.100. The molecule has 0 saturated heterocycles. The van der Waals surface area contributed by atoms with Crippen molar-refractivity contribution in [2.45, 2.75) is 6.92 Å². The van der Waals surface area contributed by atoms with E-state index in [1.165, 1.54) is 6.33 Å². The topological polar surface area (TPSA) is 78.1 Å².